The zero-order valence-corrected chi connectivity index (χ0v) is 20.7. The van der Waals surface area contributed by atoms with Gasteiger partial charge >= 0.3 is 6.09 Å². The summed E-state index contributed by atoms with van der Waals surface area (Å²) in [5.41, 5.74) is 7.32. The molecule has 0 spiro atoms. The van der Waals surface area contributed by atoms with Crippen LogP contribution < -0.4 is 15.8 Å². The molecule has 4 rings (SSSR count). The predicted molar refractivity (Wildman–Crippen MR) is 134 cm³/mol. The largest absolute Gasteiger partial charge is 0.486 e. The molecule has 1 saturated carbocycles. The van der Waals surface area contributed by atoms with E-state index in [0.717, 1.165) is 43.8 Å². The van der Waals surface area contributed by atoms with Crippen LogP contribution in [0, 0.1) is 18.6 Å². The molecule has 4 N–H and O–H groups in total. The van der Waals surface area contributed by atoms with E-state index in [1.54, 1.807) is 13.0 Å². The monoisotopic (exact) mass is 529 g/mol. The summed E-state index contributed by atoms with van der Waals surface area (Å²) in [6, 6.07) is 6.70. The van der Waals surface area contributed by atoms with Crippen molar-refractivity contribution in [2.45, 2.75) is 38.9 Å². The molecule has 38 heavy (non-hydrogen) atoms. The number of carbonyl (C=O) groups excluding carboxylic acids is 1. The molecule has 1 aromatic heterocycles. The summed E-state index contributed by atoms with van der Waals surface area (Å²) in [7, 11) is 0. The zero-order valence-electron chi connectivity index (χ0n) is 20.7. The molecule has 12 heteroatoms. The standard InChI is InChI=1S/C26H26F3N5O4/c1-13-19(22-23(24(30)32-12-31-22)38-8-7-34(14(2)27)26(36)37)10-17(28)11-21(13)33-25(35)18-6-5-16(9-20(18)29)15-3-4-15/h5-6,9-12,14-15H,3-4,7-8H2,1-2H3,(H,33,35)(H,36,37)(H2,30,31,32). The van der Waals surface area contributed by atoms with Crippen LogP contribution in [-0.2, 0) is 0 Å². The lowest BCUT2D eigenvalue weighted by molar-refractivity contribution is 0.0718. The fraction of sp³-hybridized carbons (Fsp3) is 0.308. The third-order valence-electron chi connectivity index (χ3n) is 6.25. The molecule has 2 amide bonds. The molecule has 3 aromatic rings. The van der Waals surface area contributed by atoms with Gasteiger partial charge in [0.15, 0.2) is 17.9 Å². The van der Waals surface area contributed by atoms with Crippen LogP contribution in [0.1, 0.15) is 47.2 Å². The first-order chi connectivity index (χ1) is 18.1. The Hall–Kier alpha value is -4.35. The van der Waals surface area contributed by atoms with Gasteiger partial charge in [-0.25, -0.2) is 27.9 Å². The topological polar surface area (TPSA) is 131 Å². The van der Waals surface area contributed by atoms with Crippen LogP contribution in [0.15, 0.2) is 36.7 Å². The van der Waals surface area contributed by atoms with Gasteiger partial charge < -0.3 is 20.9 Å². The second-order valence-corrected chi connectivity index (χ2v) is 8.93. The van der Waals surface area contributed by atoms with E-state index in [4.69, 9.17) is 15.6 Å². The van der Waals surface area contributed by atoms with Gasteiger partial charge in [0, 0.05) is 11.3 Å². The molecule has 0 aliphatic heterocycles. The average Bonchev–Trinajstić information content (AvgIpc) is 3.69. The van der Waals surface area contributed by atoms with E-state index in [1.807, 2.05) is 0 Å². The fourth-order valence-electron chi connectivity index (χ4n) is 4.02. The number of carbonyl (C=O) groups is 2. The van der Waals surface area contributed by atoms with Gasteiger partial charge in [-0.2, -0.15) is 0 Å². The van der Waals surface area contributed by atoms with E-state index < -0.39 is 29.9 Å². The molecular formula is C26H26F3N5O4. The lowest BCUT2D eigenvalue weighted by atomic mass is 10.0. The number of aromatic nitrogens is 2. The van der Waals surface area contributed by atoms with Crippen LogP contribution in [-0.4, -0.2) is 51.4 Å². The SMILES string of the molecule is Cc1c(NC(=O)c2ccc(C3CC3)cc2F)cc(F)cc1-c1ncnc(N)c1OCCN(C(=O)O)C(C)F. The van der Waals surface area contributed by atoms with E-state index in [0.29, 0.717) is 16.4 Å². The molecule has 1 heterocycles. The molecule has 0 radical (unpaired) electrons. The minimum absolute atomic E-state index is 0.0696. The fourth-order valence-corrected chi connectivity index (χ4v) is 4.02. The number of rotatable bonds is 9. The number of anilines is 2. The number of ether oxygens (including phenoxy) is 1. The van der Waals surface area contributed by atoms with Gasteiger partial charge in [-0.05, 0) is 68.0 Å². The predicted octanol–water partition coefficient (Wildman–Crippen LogP) is 5.12. The number of nitrogen functional groups attached to an aromatic ring is 1. The zero-order chi connectivity index (χ0) is 27.6. The summed E-state index contributed by atoms with van der Waals surface area (Å²) in [6.07, 6.45) is -0.137. The van der Waals surface area contributed by atoms with E-state index in [2.05, 4.69) is 15.3 Å². The number of benzene rings is 2. The van der Waals surface area contributed by atoms with Crippen molar-refractivity contribution in [3.8, 4) is 17.0 Å². The summed E-state index contributed by atoms with van der Waals surface area (Å²) in [5, 5.41) is 11.7. The van der Waals surface area contributed by atoms with Crippen molar-refractivity contribution in [2.24, 2.45) is 0 Å². The van der Waals surface area contributed by atoms with Crippen LogP contribution >= 0.6 is 0 Å². The Kier molecular flexibility index (Phi) is 7.70. The summed E-state index contributed by atoms with van der Waals surface area (Å²) in [4.78, 5) is 32.6. The van der Waals surface area contributed by atoms with Gasteiger partial charge in [0.1, 0.15) is 30.3 Å². The normalized spacial score (nSPS) is 13.6. The average molecular weight is 530 g/mol. The van der Waals surface area contributed by atoms with Gasteiger partial charge in [-0.15, -0.1) is 0 Å². The number of halogens is 3. The minimum atomic E-state index is -1.77. The van der Waals surface area contributed by atoms with Crippen molar-refractivity contribution >= 4 is 23.5 Å². The second-order valence-electron chi connectivity index (χ2n) is 8.93. The molecule has 1 atom stereocenters. The van der Waals surface area contributed by atoms with Crippen molar-refractivity contribution in [3.63, 3.8) is 0 Å². The minimum Gasteiger partial charge on any atom is -0.486 e. The van der Waals surface area contributed by atoms with Gasteiger partial charge in [0.05, 0.1) is 12.1 Å². The Bertz CT molecular complexity index is 1380. The first kappa shape index (κ1) is 26.7. The maximum atomic E-state index is 14.7. The Morgan fingerprint density at radius 1 is 1.24 bits per heavy atom. The number of nitrogens with two attached hydrogens (primary N) is 1. The van der Waals surface area contributed by atoms with E-state index in [1.165, 1.54) is 12.1 Å². The first-order valence-corrected chi connectivity index (χ1v) is 11.8. The Morgan fingerprint density at radius 2 is 1.97 bits per heavy atom. The third kappa shape index (κ3) is 5.79. The summed E-state index contributed by atoms with van der Waals surface area (Å²) < 4.78 is 48.5. The van der Waals surface area contributed by atoms with Crippen molar-refractivity contribution in [1.29, 1.82) is 0 Å². The molecule has 1 aliphatic carbocycles. The quantitative estimate of drug-likeness (QED) is 0.328. The van der Waals surface area contributed by atoms with Gasteiger partial charge in [0.25, 0.3) is 5.91 Å². The highest BCUT2D eigenvalue weighted by molar-refractivity contribution is 6.05. The maximum absolute atomic E-state index is 14.7. The van der Waals surface area contributed by atoms with Crippen molar-refractivity contribution in [3.05, 3.63) is 65.0 Å². The molecule has 2 aromatic carbocycles. The smallest absolute Gasteiger partial charge is 0.409 e. The lowest BCUT2D eigenvalue weighted by Gasteiger charge is -2.21. The van der Waals surface area contributed by atoms with E-state index in [-0.39, 0.29) is 47.2 Å². The number of nitrogens with one attached hydrogen (secondary N) is 1. The number of hydrogen-bond donors (Lipinski definition) is 3. The molecule has 0 bridgehead atoms. The van der Waals surface area contributed by atoms with Gasteiger partial charge in [-0.3, -0.25) is 9.69 Å². The summed E-state index contributed by atoms with van der Waals surface area (Å²) in [5.74, 6) is -2.01. The van der Waals surface area contributed by atoms with Crippen LogP contribution in [0.2, 0.25) is 0 Å². The van der Waals surface area contributed by atoms with Crippen molar-refractivity contribution < 1.29 is 32.6 Å². The third-order valence-corrected chi connectivity index (χ3v) is 6.25. The number of nitrogens with zero attached hydrogens (tertiary/aromatic N) is 3. The van der Waals surface area contributed by atoms with Crippen LogP contribution in [0.3, 0.4) is 0 Å². The van der Waals surface area contributed by atoms with Gasteiger partial charge in [-0.1, -0.05) is 6.07 Å². The van der Waals surface area contributed by atoms with Crippen molar-refractivity contribution in [2.75, 3.05) is 24.2 Å². The van der Waals surface area contributed by atoms with Crippen LogP contribution in [0.4, 0.5) is 29.5 Å². The van der Waals surface area contributed by atoms with Crippen LogP contribution in [0.5, 0.6) is 5.75 Å². The molecule has 0 saturated heterocycles. The van der Waals surface area contributed by atoms with Gasteiger partial charge in [0.2, 0.25) is 0 Å². The molecule has 1 aliphatic rings. The Labute approximate surface area is 216 Å². The summed E-state index contributed by atoms with van der Waals surface area (Å²) in [6.45, 7) is 2.04. The highest BCUT2D eigenvalue weighted by atomic mass is 19.1. The summed E-state index contributed by atoms with van der Waals surface area (Å²) >= 11 is 0. The van der Waals surface area contributed by atoms with Crippen molar-refractivity contribution in [1.82, 2.24) is 14.9 Å². The highest BCUT2D eigenvalue weighted by Crippen LogP contribution is 2.40. The molecule has 1 unspecified atom stereocenters. The molecular weight excluding hydrogens is 503 g/mol. The number of hydrogen-bond acceptors (Lipinski definition) is 6. The second kappa shape index (κ2) is 11.0. The Morgan fingerprint density at radius 3 is 2.61 bits per heavy atom. The highest BCUT2D eigenvalue weighted by Gasteiger charge is 2.26. The number of alkyl halides is 1. The number of amides is 2. The molecule has 9 nitrogen and oxygen atoms in total. The number of carboxylic acid groups (broad SMARTS) is 1. The lowest BCUT2D eigenvalue weighted by Crippen LogP contribution is -2.38. The van der Waals surface area contributed by atoms with E-state index >= 15 is 0 Å². The first-order valence-electron chi connectivity index (χ1n) is 11.8. The molecule has 1 fully saturated rings. The van der Waals surface area contributed by atoms with Crippen LogP contribution in [0.25, 0.3) is 11.3 Å². The van der Waals surface area contributed by atoms with E-state index in [9.17, 15) is 22.8 Å². The maximum Gasteiger partial charge on any atom is 0.409 e. The Balaban J connectivity index is 1.60. The molecule has 200 valence electrons.